The Labute approximate surface area is 354 Å². The molecule has 0 aliphatic carbocycles. The SMILES string of the molecule is c1ccc(-c2cc(-c3ccccc3)c3c(c2)c2cc(-c4ccccc4)cc(-c4ccccc4)c2n3B2c3ccccc3-n3c4ccccc4c4c5ccccc5cc2c43)cc1. The number of para-hydroxylation sites is 2. The van der Waals surface area contributed by atoms with E-state index in [9.17, 15) is 0 Å². The highest BCUT2D eigenvalue weighted by Crippen LogP contribution is 2.46. The van der Waals surface area contributed by atoms with Crippen LogP contribution in [-0.2, 0) is 0 Å². The molecule has 1 aliphatic rings. The molecular formula is C58H37BN2. The van der Waals surface area contributed by atoms with Crippen molar-refractivity contribution in [3.8, 4) is 50.2 Å². The summed E-state index contributed by atoms with van der Waals surface area (Å²) in [5.74, 6) is 0. The Hall–Kier alpha value is -7.88. The lowest BCUT2D eigenvalue weighted by atomic mass is 9.48. The Bertz CT molecular complexity index is 3540. The molecular weight excluding hydrogens is 735 g/mol. The minimum Gasteiger partial charge on any atom is -0.375 e. The maximum Gasteiger partial charge on any atom is 0.332 e. The van der Waals surface area contributed by atoms with Gasteiger partial charge in [0, 0.05) is 49.4 Å². The highest BCUT2D eigenvalue weighted by atomic mass is 15.0. The summed E-state index contributed by atoms with van der Waals surface area (Å²) in [5.41, 5.74) is 18.4. The third-order valence-electron chi connectivity index (χ3n) is 13.1. The standard InChI is InChI=1S/C58H37BN2/c1-5-19-38(20-6-1)43-33-47(40-23-9-3-10-24-40)56-49(35-43)50-36-44(39-21-7-2-8-22-39)34-48(41-25-11-4-12-26-41)57(50)61(56)59-51-30-16-18-32-54(51)60-53-31-17-15-29-46(53)55-45-28-14-13-27-42(45)37-52(59)58(55)60/h1-37H. The highest BCUT2D eigenvalue weighted by Gasteiger charge is 2.38. The number of nitrogens with zero attached hydrogens (tertiary/aromatic N) is 2. The molecule has 2 nitrogen and oxygen atoms in total. The lowest BCUT2D eigenvalue weighted by molar-refractivity contribution is 1.18. The third-order valence-corrected chi connectivity index (χ3v) is 13.1. The van der Waals surface area contributed by atoms with Crippen molar-refractivity contribution in [1.82, 2.24) is 9.05 Å². The fourth-order valence-corrected chi connectivity index (χ4v) is 10.5. The molecule has 0 bridgehead atoms. The number of aromatic nitrogens is 2. The Morgan fingerprint density at radius 2 is 0.787 bits per heavy atom. The Balaban J connectivity index is 1.29. The van der Waals surface area contributed by atoms with E-state index < -0.39 is 0 Å². The van der Waals surface area contributed by atoms with Crippen molar-refractivity contribution < 1.29 is 0 Å². The molecule has 0 amide bonds. The molecule has 0 N–H and O–H groups in total. The van der Waals surface area contributed by atoms with Crippen molar-refractivity contribution in [1.29, 1.82) is 0 Å². The van der Waals surface area contributed by atoms with Gasteiger partial charge in [-0.1, -0.05) is 188 Å². The van der Waals surface area contributed by atoms with Gasteiger partial charge in [-0.15, -0.1) is 0 Å². The summed E-state index contributed by atoms with van der Waals surface area (Å²) in [6.07, 6.45) is 0. The predicted molar refractivity (Wildman–Crippen MR) is 260 cm³/mol. The van der Waals surface area contributed by atoms with E-state index in [1.807, 2.05) is 0 Å². The normalized spacial score (nSPS) is 12.2. The Kier molecular flexibility index (Phi) is 7.43. The van der Waals surface area contributed by atoms with Crippen LogP contribution in [0, 0.1) is 0 Å². The van der Waals surface area contributed by atoms with Crippen LogP contribution in [0.4, 0.5) is 0 Å². The van der Waals surface area contributed by atoms with Crippen LogP contribution < -0.4 is 10.9 Å². The first kappa shape index (κ1) is 34.0. The molecule has 10 aromatic carbocycles. The molecule has 0 saturated heterocycles. The van der Waals surface area contributed by atoms with Gasteiger partial charge in [0.05, 0.1) is 11.0 Å². The second-order valence-electron chi connectivity index (χ2n) is 16.4. The van der Waals surface area contributed by atoms with Crippen LogP contribution in [0.2, 0.25) is 0 Å². The molecule has 282 valence electrons. The fourth-order valence-electron chi connectivity index (χ4n) is 10.5. The van der Waals surface area contributed by atoms with Crippen LogP contribution in [0.15, 0.2) is 224 Å². The van der Waals surface area contributed by atoms with E-state index in [4.69, 9.17) is 0 Å². The molecule has 0 saturated carbocycles. The lowest BCUT2D eigenvalue weighted by Gasteiger charge is -2.30. The van der Waals surface area contributed by atoms with Crippen LogP contribution in [0.3, 0.4) is 0 Å². The summed E-state index contributed by atoms with van der Waals surface area (Å²) in [4.78, 5) is 0. The molecule has 3 heteroatoms. The third kappa shape index (κ3) is 5.04. The van der Waals surface area contributed by atoms with Crippen molar-refractivity contribution in [2.75, 3.05) is 0 Å². The first-order valence-electron chi connectivity index (χ1n) is 21.2. The van der Waals surface area contributed by atoms with Crippen LogP contribution >= 0.6 is 0 Å². The summed E-state index contributed by atoms with van der Waals surface area (Å²) in [5, 5.41) is 7.61. The monoisotopic (exact) mass is 772 g/mol. The van der Waals surface area contributed by atoms with Crippen molar-refractivity contribution in [3.05, 3.63) is 224 Å². The minimum atomic E-state index is -0.157. The van der Waals surface area contributed by atoms with Gasteiger partial charge in [0.25, 0.3) is 0 Å². The molecule has 0 spiro atoms. The topological polar surface area (TPSA) is 9.86 Å². The largest absolute Gasteiger partial charge is 0.375 e. The van der Waals surface area contributed by atoms with Crippen LogP contribution in [-0.4, -0.2) is 15.9 Å². The molecule has 0 radical (unpaired) electrons. The first-order chi connectivity index (χ1) is 30.3. The van der Waals surface area contributed by atoms with Crippen molar-refractivity contribution in [2.45, 2.75) is 0 Å². The average molecular weight is 773 g/mol. The van der Waals surface area contributed by atoms with E-state index in [0.29, 0.717) is 0 Å². The quantitative estimate of drug-likeness (QED) is 0.154. The van der Waals surface area contributed by atoms with E-state index in [1.165, 1.54) is 116 Å². The molecule has 0 atom stereocenters. The molecule has 0 unspecified atom stereocenters. The van der Waals surface area contributed by atoms with Crippen molar-refractivity contribution in [3.63, 3.8) is 0 Å². The van der Waals surface area contributed by atoms with Gasteiger partial charge in [-0.05, 0) is 91.5 Å². The van der Waals surface area contributed by atoms with Gasteiger partial charge < -0.3 is 9.05 Å². The lowest BCUT2D eigenvalue weighted by Crippen LogP contribution is -2.53. The Morgan fingerprint density at radius 1 is 0.311 bits per heavy atom. The van der Waals surface area contributed by atoms with E-state index >= 15 is 0 Å². The van der Waals surface area contributed by atoms with Gasteiger partial charge in [0.2, 0.25) is 0 Å². The highest BCUT2D eigenvalue weighted by molar-refractivity contribution is 6.88. The summed E-state index contributed by atoms with van der Waals surface area (Å²) < 4.78 is 5.28. The minimum absolute atomic E-state index is 0.157. The van der Waals surface area contributed by atoms with E-state index in [-0.39, 0.29) is 6.85 Å². The molecule has 12 aromatic rings. The zero-order chi connectivity index (χ0) is 40.0. The number of fused-ring (bicyclic) bond motifs is 10. The van der Waals surface area contributed by atoms with Gasteiger partial charge in [-0.25, -0.2) is 0 Å². The van der Waals surface area contributed by atoms with Gasteiger partial charge in [-0.3, -0.25) is 0 Å². The summed E-state index contributed by atoms with van der Waals surface area (Å²) >= 11 is 0. The molecule has 2 aromatic heterocycles. The second-order valence-corrected chi connectivity index (χ2v) is 16.4. The fraction of sp³-hybridized carbons (Fsp3) is 0. The van der Waals surface area contributed by atoms with Gasteiger partial charge in [0.1, 0.15) is 0 Å². The van der Waals surface area contributed by atoms with E-state index in [1.54, 1.807) is 0 Å². The molecule has 3 heterocycles. The maximum absolute atomic E-state index is 2.74. The zero-order valence-corrected chi connectivity index (χ0v) is 33.3. The molecule has 1 aliphatic heterocycles. The van der Waals surface area contributed by atoms with Crippen molar-refractivity contribution in [2.24, 2.45) is 0 Å². The van der Waals surface area contributed by atoms with E-state index in [0.717, 1.165) is 0 Å². The van der Waals surface area contributed by atoms with E-state index in [2.05, 4.69) is 234 Å². The number of hydrogen-bond donors (Lipinski definition) is 0. The summed E-state index contributed by atoms with van der Waals surface area (Å²) in [7, 11) is 0. The second kappa shape index (κ2) is 13.3. The molecule has 0 fully saturated rings. The molecule has 13 rings (SSSR count). The van der Waals surface area contributed by atoms with Gasteiger partial charge in [-0.2, -0.15) is 0 Å². The average Bonchev–Trinajstić information content (AvgIpc) is 3.86. The maximum atomic E-state index is 2.74. The number of rotatable bonds is 5. The van der Waals surface area contributed by atoms with Gasteiger partial charge in [0.15, 0.2) is 0 Å². The summed E-state index contributed by atoms with van der Waals surface area (Å²) in [6, 6.07) is 83.2. The van der Waals surface area contributed by atoms with Crippen LogP contribution in [0.5, 0.6) is 0 Å². The van der Waals surface area contributed by atoms with Gasteiger partial charge >= 0.3 is 6.85 Å². The zero-order valence-electron chi connectivity index (χ0n) is 33.3. The van der Waals surface area contributed by atoms with Crippen LogP contribution in [0.1, 0.15) is 0 Å². The smallest absolute Gasteiger partial charge is 0.332 e. The van der Waals surface area contributed by atoms with Crippen molar-refractivity contribution >= 4 is 72.2 Å². The predicted octanol–water partition coefficient (Wildman–Crippen LogP) is 13.7. The van der Waals surface area contributed by atoms with Crippen LogP contribution in [0.25, 0.3) is 105 Å². The first-order valence-corrected chi connectivity index (χ1v) is 21.2. The Morgan fingerprint density at radius 3 is 1.38 bits per heavy atom. The molecule has 61 heavy (non-hydrogen) atoms. The number of benzene rings is 10. The summed E-state index contributed by atoms with van der Waals surface area (Å²) in [6.45, 7) is -0.157. The number of hydrogen-bond acceptors (Lipinski definition) is 0.